The van der Waals surface area contributed by atoms with Gasteiger partial charge in [-0.15, -0.1) is 0 Å². The van der Waals surface area contributed by atoms with Crippen LogP contribution in [0.2, 0.25) is 0 Å². The number of rotatable bonds is 14. The second-order valence-corrected chi connectivity index (χ2v) is 12.3. The predicted molar refractivity (Wildman–Crippen MR) is 154 cm³/mol. The molecular formula is C25H31N7O5S2. The number of nitrogens with two attached hydrogens (primary N) is 1. The minimum Gasteiger partial charge on any atom is -0.480 e. The first-order valence-electron chi connectivity index (χ1n) is 12.2. The van der Waals surface area contributed by atoms with Gasteiger partial charge in [0.15, 0.2) is 11.2 Å². The van der Waals surface area contributed by atoms with E-state index in [4.69, 9.17) is 5.73 Å². The fraction of sp³-hybridized carbons (Fsp3) is 0.400. The van der Waals surface area contributed by atoms with Crippen molar-refractivity contribution in [2.24, 2.45) is 0 Å². The number of carbonyl (C=O) groups is 3. The summed E-state index contributed by atoms with van der Waals surface area (Å²) in [5.74, 6) is -1.28. The van der Waals surface area contributed by atoms with E-state index in [0.29, 0.717) is 36.2 Å². The molecule has 208 valence electrons. The van der Waals surface area contributed by atoms with Crippen molar-refractivity contribution in [3.05, 3.63) is 52.1 Å². The molecule has 12 nitrogen and oxygen atoms in total. The highest BCUT2D eigenvalue weighted by Gasteiger charge is 2.25. The molecular weight excluding hydrogens is 542 g/mol. The molecule has 3 aromatic rings. The van der Waals surface area contributed by atoms with Crippen LogP contribution in [0.15, 0.2) is 35.3 Å². The van der Waals surface area contributed by atoms with Crippen LogP contribution in [0.4, 0.5) is 11.6 Å². The number of nitrogen functional groups attached to an aromatic ring is 1. The van der Waals surface area contributed by atoms with Crippen LogP contribution in [0.25, 0.3) is 11.2 Å². The summed E-state index contributed by atoms with van der Waals surface area (Å²) < 4.78 is -0.204. The lowest BCUT2D eigenvalue weighted by atomic mass is 10.0. The molecule has 6 N–H and O–H groups in total. The van der Waals surface area contributed by atoms with Crippen molar-refractivity contribution in [2.45, 2.75) is 57.4 Å². The Hall–Kier alpha value is -3.65. The van der Waals surface area contributed by atoms with Crippen LogP contribution in [0.5, 0.6) is 0 Å². The van der Waals surface area contributed by atoms with Crippen molar-refractivity contribution in [2.75, 3.05) is 16.8 Å². The smallest absolute Gasteiger partial charge is 0.327 e. The number of ketones is 1. The van der Waals surface area contributed by atoms with E-state index in [1.165, 1.54) is 27.8 Å². The molecule has 0 unspecified atom stereocenters. The normalized spacial score (nSPS) is 12.2. The minimum atomic E-state index is -1.12. The highest BCUT2D eigenvalue weighted by molar-refractivity contribution is 8.77. The number of carbonyl (C=O) groups excluding carboxylic acids is 2. The number of Topliss-reactive ketones (excluding diaryl/α,β-unsaturated/α-hetero) is 1. The Morgan fingerprint density at radius 2 is 1.90 bits per heavy atom. The van der Waals surface area contributed by atoms with Crippen molar-refractivity contribution < 1.29 is 19.5 Å². The average Bonchev–Trinajstić information content (AvgIpc) is 2.90. The molecule has 2 heterocycles. The van der Waals surface area contributed by atoms with Crippen molar-refractivity contribution in [3.63, 3.8) is 0 Å². The number of H-pyrrole nitrogens is 1. The fourth-order valence-corrected chi connectivity index (χ4v) is 6.08. The van der Waals surface area contributed by atoms with Gasteiger partial charge in [0, 0.05) is 34.6 Å². The lowest BCUT2D eigenvalue weighted by Gasteiger charge is -2.23. The fourth-order valence-electron chi connectivity index (χ4n) is 3.32. The number of hydrogen-bond donors (Lipinski definition) is 5. The van der Waals surface area contributed by atoms with Gasteiger partial charge in [-0.2, -0.15) is 4.98 Å². The zero-order chi connectivity index (χ0) is 28.6. The molecule has 0 saturated carbocycles. The summed E-state index contributed by atoms with van der Waals surface area (Å²) in [7, 11) is 2.87. The third-order valence-corrected chi connectivity index (χ3v) is 8.99. The summed E-state index contributed by atoms with van der Waals surface area (Å²) in [6.07, 6.45) is 3.17. The number of carboxylic acids is 1. The Bertz CT molecular complexity index is 1400. The second kappa shape index (κ2) is 13.4. The number of carboxylic acid groups (broad SMARTS) is 1. The maximum absolute atomic E-state index is 12.7. The lowest BCUT2D eigenvalue weighted by Crippen LogP contribution is -2.42. The van der Waals surface area contributed by atoms with Crippen molar-refractivity contribution in [1.29, 1.82) is 0 Å². The molecule has 3 rings (SSSR count). The first-order valence-corrected chi connectivity index (χ1v) is 14.5. The van der Waals surface area contributed by atoms with E-state index in [-0.39, 0.29) is 39.9 Å². The summed E-state index contributed by atoms with van der Waals surface area (Å²) >= 11 is 0. The number of aromatic amines is 1. The molecule has 0 saturated heterocycles. The highest BCUT2D eigenvalue weighted by atomic mass is 33.1. The molecule has 2 aromatic heterocycles. The molecule has 0 radical (unpaired) electrons. The average molecular weight is 574 g/mol. The maximum Gasteiger partial charge on any atom is 0.327 e. The van der Waals surface area contributed by atoms with Crippen LogP contribution < -0.4 is 21.9 Å². The zero-order valence-corrected chi connectivity index (χ0v) is 23.4. The van der Waals surface area contributed by atoms with Crippen LogP contribution in [0.3, 0.4) is 0 Å². The first-order chi connectivity index (χ1) is 18.5. The Kier molecular flexibility index (Phi) is 10.3. The van der Waals surface area contributed by atoms with Crippen LogP contribution in [0, 0.1) is 0 Å². The SMILES string of the molecule is CCC(=O)CCC(C)(C)SSC[C@H](NC(=O)c1ccc(NCc2cnc3nc(N)[nH]c(=O)c3n2)cc1)C(=O)O. The molecule has 14 heteroatoms. The number of nitrogens with zero attached hydrogens (tertiary/aromatic N) is 3. The van der Waals surface area contributed by atoms with Crippen molar-refractivity contribution in [1.82, 2.24) is 25.3 Å². The third kappa shape index (κ3) is 8.96. The van der Waals surface area contributed by atoms with Gasteiger partial charge >= 0.3 is 5.97 Å². The van der Waals surface area contributed by atoms with Gasteiger partial charge in [0.25, 0.3) is 11.5 Å². The van der Waals surface area contributed by atoms with E-state index >= 15 is 0 Å². The monoisotopic (exact) mass is 573 g/mol. The number of fused-ring (bicyclic) bond motifs is 1. The van der Waals surface area contributed by atoms with Crippen LogP contribution in [0.1, 0.15) is 56.1 Å². The molecule has 1 atom stereocenters. The van der Waals surface area contributed by atoms with Gasteiger partial charge in [0.1, 0.15) is 11.8 Å². The molecule has 0 fully saturated rings. The van der Waals surface area contributed by atoms with Crippen molar-refractivity contribution >= 4 is 62.0 Å². The van der Waals surface area contributed by atoms with Gasteiger partial charge < -0.3 is 21.5 Å². The number of hydrogen-bond acceptors (Lipinski definition) is 11. The summed E-state index contributed by atoms with van der Waals surface area (Å²) in [4.78, 5) is 62.7. The molecule has 1 aromatic carbocycles. The topological polar surface area (TPSA) is 193 Å². The Morgan fingerprint density at radius 1 is 1.18 bits per heavy atom. The molecule has 0 aliphatic heterocycles. The first kappa shape index (κ1) is 29.9. The zero-order valence-electron chi connectivity index (χ0n) is 21.8. The summed E-state index contributed by atoms with van der Waals surface area (Å²) in [6.45, 7) is 6.12. The van der Waals surface area contributed by atoms with Gasteiger partial charge in [0.05, 0.1) is 18.4 Å². The van der Waals surface area contributed by atoms with Gasteiger partial charge in [-0.3, -0.25) is 19.4 Å². The largest absolute Gasteiger partial charge is 0.480 e. The quantitative estimate of drug-likeness (QED) is 0.177. The summed E-state index contributed by atoms with van der Waals surface area (Å²) in [5, 5.41) is 15.3. The number of aliphatic carboxylic acids is 1. The number of aromatic nitrogens is 4. The molecule has 0 spiro atoms. The van der Waals surface area contributed by atoms with E-state index in [1.54, 1.807) is 24.3 Å². The van der Waals surface area contributed by atoms with Gasteiger partial charge in [-0.05, 0) is 44.5 Å². The standard InChI is InChI=1S/C25H31N7O5S2/c1-4-17(33)9-10-25(2,3)39-38-13-18(23(36)37)30-21(34)14-5-7-15(8-6-14)27-11-16-12-28-20-19(29-16)22(35)32-24(26)31-20/h5-8,12,18,27H,4,9-11,13H2,1-3H3,(H,30,34)(H,36,37)(H3,26,28,31,32,35)/t18-/m0/s1. The van der Waals surface area contributed by atoms with Gasteiger partial charge in [-0.25, -0.2) is 14.8 Å². The molecule has 0 aliphatic rings. The second-order valence-electron chi connectivity index (χ2n) is 9.30. The van der Waals surface area contributed by atoms with Crippen LogP contribution in [-0.4, -0.2) is 59.2 Å². The molecule has 0 aliphatic carbocycles. The Balaban J connectivity index is 1.52. The Labute approximate surface area is 232 Å². The van der Waals surface area contributed by atoms with E-state index in [0.717, 1.165) is 0 Å². The predicted octanol–water partition coefficient (Wildman–Crippen LogP) is 3.01. The van der Waals surface area contributed by atoms with Crippen LogP contribution in [-0.2, 0) is 16.1 Å². The van der Waals surface area contributed by atoms with E-state index in [1.807, 2.05) is 20.8 Å². The summed E-state index contributed by atoms with van der Waals surface area (Å²) in [6, 6.07) is 5.45. The van der Waals surface area contributed by atoms with Crippen LogP contribution >= 0.6 is 21.6 Å². The minimum absolute atomic E-state index is 0.0374. The number of anilines is 2. The highest BCUT2D eigenvalue weighted by Crippen LogP contribution is 2.39. The number of benzene rings is 1. The summed E-state index contributed by atoms with van der Waals surface area (Å²) in [5.41, 5.74) is 6.76. The molecule has 0 bridgehead atoms. The number of nitrogens with one attached hydrogen (secondary N) is 3. The van der Waals surface area contributed by atoms with E-state index < -0.39 is 23.5 Å². The van der Waals surface area contributed by atoms with Gasteiger partial charge in [-0.1, -0.05) is 28.5 Å². The maximum atomic E-state index is 12.7. The van der Waals surface area contributed by atoms with Crippen molar-refractivity contribution in [3.8, 4) is 0 Å². The van der Waals surface area contributed by atoms with E-state index in [2.05, 4.69) is 30.6 Å². The molecule has 1 amide bonds. The lowest BCUT2D eigenvalue weighted by molar-refractivity contribution is -0.138. The van der Waals surface area contributed by atoms with E-state index in [9.17, 15) is 24.3 Å². The Morgan fingerprint density at radius 3 is 2.56 bits per heavy atom. The molecule has 39 heavy (non-hydrogen) atoms. The third-order valence-electron chi connectivity index (χ3n) is 5.63. The number of amides is 1. The van der Waals surface area contributed by atoms with Gasteiger partial charge in [0.2, 0.25) is 5.95 Å².